The Hall–Kier alpha value is -0.570. The first kappa shape index (κ1) is 13.9. The normalized spacial score (nSPS) is 32.4. The summed E-state index contributed by atoms with van der Waals surface area (Å²) < 4.78 is 0. The molecule has 1 amide bonds. The van der Waals surface area contributed by atoms with Crippen LogP contribution in [0, 0.1) is 17.8 Å². The van der Waals surface area contributed by atoms with Crippen LogP contribution in [-0.4, -0.2) is 25.5 Å². The van der Waals surface area contributed by atoms with Crippen LogP contribution in [0.5, 0.6) is 0 Å². The van der Waals surface area contributed by atoms with E-state index in [4.69, 9.17) is 0 Å². The molecule has 0 aromatic rings. The minimum atomic E-state index is 0.264. The maximum absolute atomic E-state index is 11.8. The molecule has 3 unspecified atom stereocenters. The standard InChI is InChI=1S/C15H28N2O/c1-12-4-2-3-5-14(12)11-17-15(18)7-6-13-8-9-16-10-13/h12-14,16H,2-11H2,1H3,(H,17,18). The number of hydrogen-bond acceptors (Lipinski definition) is 2. The Morgan fingerprint density at radius 3 is 2.83 bits per heavy atom. The number of carbonyl (C=O) groups excluding carboxylic acids is 1. The number of nitrogens with one attached hydrogen (secondary N) is 2. The summed E-state index contributed by atoms with van der Waals surface area (Å²) in [7, 11) is 0. The molecule has 2 fully saturated rings. The van der Waals surface area contributed by atoms with Crippen LogP contribution in [0.15, 0.2) is 0 Å². The van der Waals surface area contributed by atoms with Crippen LogP contribution in [-0.2, 0) is 4.79 Å². The largest absolute Gasteiger partial charge is 0.356 e. The van der Waals surface area contributed by atoms with Gasteiger partial charge in [0.2, 0.25) is 5.91 Å². The van der Waals surface area contributed by atoms with E-state index < -0.39 is 0 Å². The van der Waals surface area contributed by atoms with Crippen molar-refractivity contribution in [3.63, 3.8) is 0 Å². The highest BCUT2D eigenvalue weighted by Crippen LogP contribution is 2.28. The highest BCUT2D eigenvalue weighted by atomic mass is 16.1. The lowest BCUT2D eigenvalue weighted by atomic mass is 9.80. The molecule has 0 aromatic carbocycles. The third kappa shape index (κ3) is 4.27. The molecule has 3 atom stereocenters. The summed E-state index contributed by atoms with van der Waals surface area (Å²) in [5, 5.41) is 6.50. The lowest BCUT2D eigenvalue weighted by Gasteiger charge is -2.28. The highest BCUT2D eigenvalue weighted by Gasteiger charge is 2.22. The number of amides is 1. The summed E-state index contributed by atoms with van der Waals surface area (Å²) >= 11 is 0. The Labute approximate surface area is 111 Å². The van der Waals surface area contributed by atoms with Crippen LogP contribution >= 0.6 is 0 Å². The van der Waals surface area contributed by atoms with Crippen molar-refractivity contribution in [2.75, 3.05) is 19.6 Å². The van der Waals surface area contributed by atoms with E-state index in [1.54, 1.807) is 0 Å². The topological polar surface area (TPSA) is 41.1 Å². The third-order valence-electron chi connectivity index (χ3n) is 4.79. The SMILES string of the molecule is CC1CCCCC1CNC(=O)CCC1CCNC1. The zero-order valence-electron chi connectivity index (χ0n) is 11.7. The molecule has 0 radical (unpaired) electrons. The van der Waals surface area contributed by atoms with Gasteiger partial charge in [-0.15, -0.1) is 0 Å². The molecule has 0 aromatic heterocycles. The van der Waals surface area contributed by atoms with Crippen LogP contribution in [0.2, 0.25) is 0 Å². The van der Waals surface area contributed by atoms with Gasteiger partial charge in [-0.3, -0.25) is 4.79 Å². The first-order valence-corrected chi connectivity index (χ1v) is 7.73. The molecule has 2 rings (SSSR count). The summed E-state index contributed by atoms with van der Waals surface area (Å²) in [6.07, 6.45) is 8.38. The fraction of sp³-hybridized carbons (Fsp3) is 0.933. The van der Waals surface area contributed by atoms with Gasteiger partial charge in [0.25, 0.3) is 0 Å². The number of carbonyl (C=O) groups is 1. The molecule has 18 heavy (non-hydrogen) atoms. The van der Waals surface area contributed by atoms with Gasteiger partial charge in [-0.25, -0.2) is 0 Å². The van der Waals surface area contributed by atoms with Crippen molar-refractivity contribution < 1.29 is 4.79 Å². The van der Waals surface area contributed by atoms with Crippen molar-refractivity contribution in [3.05, 3.63) is 0 Å². The molecule has 0 bridgehead atoms. The first-order chi connectivity index (χ1) is 8.75. The molecular weight excluding hydrogens is 224 g/mol. The van der Waals surface area contributed by atoms with E-state index in [9.17, 15) is 4.79 Å². The zero-order valence-corrected chi connectivity index (χ0v) is 11.7. The maximum atomic E-state index is 11.8. The van der Waals surface area contributed by atoms with Gasteiger partial charge in [0, 0.05) is 13.0 Å². The molecule has 104 valence electrons. The van der Waals surface area contributed by atoms with E-state index >= 15 is 0 Å². The minimum absolute atomic E-state index is 0.264. The molecule has 1 heterocycles. The second-order valence-corrected chi connectivity index (χ2v) is 6.22. The van der Waals surface area contributed by atoms with Gasteiger partial charge in [-0.05, 0) is 50.1 Å². The number of hydrogen-bond donors (Lipinski definition) is 2. The fourth-order valence-corrected chi connectivity index (χ4v) is 3.33. The van der Waals surface area contributed by atoms with Crippen molar-refractivity contribution in [2.24, 2.45) is 17.8 Å². The molecule has 2 aliphatic rings. The summed E-state index contributed by atoms with van der Waals surface area (Å²) in [4.78, 5) is 11.8. The van der Waals surface area contributed by atoms with Gasteiger partial charge in [-0.1, -0.05) is 26.2 Å². The predicted octanol–water partition coefficient (Wildman–Crippen LogP) is 2.32. The van der Waals surface area contributed by atoms with Crippen LogP contribution in [0.4, 0.5) is 0 Å². The Bertz CT molecular complexity index is 261. The maximum Gasteiger partial charge on any atom is 0.220 e. The molecule has 3 nitrogen and oxygen atoms in total. The quantitative estimate of drug-likeness (QED) is 0.788. The smallest absolute Gasteiger partial charge is 0.220 e. The Morgan fingerprint density at radius 2 is 2.11 bits per heavy atom. The van der Waals surface area contributed by atoms with Gasteiger partial charge in [0.1, 0.15) is 0 Å². The molecular formula is C15H28N2O. The van der Waals surface area contributed by atoms with Crippen molar-refractivity contribution in [2.45, 2.75) is 51.9 Å². The summed E-state index contributed by atoms with van der Waals surface area (Å²) in [5.74, 6) is 2.50. The van der Waals surface area contributed by atoms with E-state index in [0.717, 1.165) is 43.8 Å². The summed E-state index contributed by atoms with van der Waals surface area (Å²) in [6, 6.07) is 0. The minimum Gasteiger partial charge on any atom is -0.356 e. The van der Waals surface area contributed by atoms with Gasteiger partial charge in [-0.2, -0.15) is 0 Å². The average Bonchev–Trinajstić information content (AvgIpc) is 2.88. The van der Waals surface area contributed by atoms with Crippen molar-refractivity contribution in [1.82, 2.24) is 10.6 Å². The molecule has 0 spiro atoms. The van der Waals surface area contributed by atoms with Crippen LogP contribution < -0.4 is 10.6 Å². The third-order valence-corrected chi connectivity index (χ3v) is 4.79. The van der Waals surface area contributed by atoms with E-state index in [2.05, 4.69) is 17.6 Å². The Morgan fingerprint density at radius 1 is 1.28 bits per heavy atom. The second kappa shape index (κ2) is 7.13. The van der Waals surface area contributed by atoms with Crippen molar-refractivity contribution in [1.29, 1.82) is 0 Å². The first-order valence-electron chi connectivity index (χ1n) is 7.73. The van der Waals surface area contributed by atoms with Crippen molar-refractivity contribution >= 4 is 5.91 Å². The Balaban J connectivity index is 1.58. The van der Waals surface area contributed by atoms with Gasteiger partial charge >= 0.3 is 0 Å². The van der Waals surface area contributed by atoms with Gasteiger partial charge in [0.05, 0.1) is 0 Å². The predicted molar refractivity (Wildman–Crippen MR) is 74.3 cm³/mol. The molecule has 1 saturated carbocycles. The zero-order chi connectivity index (χ0) is 12.8. The number of rotatable bonds is 5. The fourth-order valence-electron chi connectivity index (χ4n) is 3.33. The van der Waals surface area contributed by atoms with E-state index in [1.807, 2.05) is 0 Å². The van der Waals surface area contributed by atoms with Gasteiger partial charge < -0.3 is 10.6 Å². The highest BCUT2D eigenvalue weighted by molar-refractivity contribution is 5.75. The van der Waals surface area contributed by atoms with Crippen molar-refractivity contribution in [3.8, 4) is 0 Å². The molecule has 1 aliphatic heterocycles. The van der Waals surface area contributed by atoms with Crippen LogP contribution in [0.1, 0.15) is 51.9 Å². The van der Waals surface area contributed by atoms with E-state index in [-0.39, 0.29) is 5.91 Å². The van der Waals surface area contributed by atoms with E-state index in [0.29, 0.717) is 6.42 Å². The average molecular weight is 252 g/mol. The van der Waals surface area contributed by atoms with E-state index in [1.165, 1.54) is 32.1 Å². The Kier molecular flexibility index (Phi) is 5.48. The molecule has 3 heteroatoms. The molecule has 1 aliphatic carbocycles. The summed E-state index contributed by atoms with van der Waals surface area (Å²) in [6.45, 7) is 5.47. The summed E-state index contributed by atoms with van der Waals surface area (Å²) in [5.41, 5.74) is 0. The molecule has 2 N–H and O–H groups in total. The lowest BCUT2D eigenvalue weighted by Crippen LogP contribution is -2.33. The monoisotopic (exact) mass is 252 g/mol. The van der Waals surface area contributed by atoms with Crippen LogP contribution in [0.3, 0.4) is 0 Å². The second-order valence-electron chi connectivity index (χ2n) is 6.22. The molecule has 1 saturated heterocycles. The lowest BCUT2D eigenvalue weighted by molar-refractivity contribution is -0.121. The van der Waals surface area contributed by atoms with Crippen LogP contribution in [0.25, 0.3) is 0 Å². The van der Waals surface area contributed by atoms with Gasteiger partial charge in [0.15, 0.2) is 0 Å².